The summed E-state index contributed by atoms with van der Waals surface area (Å²) in [4.78, 5) is 2.46. The van der Waals surface area contributed by atoms with Gasteiger partial charge in [0.05, 0.1) is 13.2 Å². The second kappa shape index (κ2) is 11.5. The van der Waals surface area contributed by atoms with Gasteiger partial charge in [0.1, 0.15) is 0 Å². The fourth-order valence-electron chi connectivity index (χ4n) is 2.06. The molecule has 19 heavy (non-hydrogen) atoms. The highest BCUT2D eigenvalue weighted by Gasteiger charge is 2.08. The average Bonchev–Trinajstić information content (AvgIpc) is 2.41. The highest BCUT2D eigenvalue weighted by molar-refractivity contribution is 5.85. The number of nitrogens with one attached hydrogen (secondary N) is 1. The normalized spacial score (nSPS) is 15.4. The van der Waals surface area contributed by atoms with Crippen LogP contribution in [0, 0.1) is 0 Å². The molecular formula is C14H24Cl2N2O. The van der Waals surface area contributed by atoms with Gasteiger partial charge >= 0.3 is 0 Å². The van der Waals surface area contributed by atoms with Gasteiger partial charge in [-0.15, -0.1) is 24.8 Å². The molecule has 1 aliphatic heterocycles. The standard InChI is InChI=1S/C14H22N2O.2ClH/c1-2-4-14(5-3-1)6-7-15-8-9-16-10-12-17-13-11-16;;/h1-5,15H,6-13H2;2*1H. The highest BCUT2D eigenvalue weighted by Crippen LogP contribution is 1.98. The molecular weight excluding hydrogens is 283 g/mol. The van der Waals surface area contributed by atoms with Crippen molar-refractivity contribution in [2.24, 2.45) is 0 Å². The highest BCUT2D eigenvalue weighted by atomic mass is 35.5. The lowest BCUT2D eigenvalue weighted by Crippen LogP contribution is -2.40. The first kappa shape index (κ1) is 18.7. The molecule has 1 aliphatic rings. The van der Waals surface area contributed by atoms with Gasteiger partial charge in [0.15, 0.2) is 0 Å². The average molecular weight is 307 g/mol. The molecule has 110 valence electrons. The molecule has 1 saturated heterocycles. The first-order valence-electron chi connectivity index (χ1n) is 6.50. The maximum atomic E-state index is 5.32. The van der Waals surface area contributed by atoms with Gasteiger partial charge in [-0.25, -0.2) is 0 Å². The second-order valence-corrected chi connectivity index (χ2v) is 4.44. The molecule has 1 aromatic carbocycles. The fraction of sp³-hybridized carbons (Fsp3) is 0.571. The Morgan fingerprint density at radius 2 is 1.68 bits per heavy atom. The van der Waals surface area contributed by atoms with Crippen molar-refractivity contribution < 1.29 is 4.74 Å². The molecule has 1 N–H and O–H groups in total. The van der Waals surface area contributed by atoms with E-state index in [0.717, 1.165) is 52.4 Å². The fourth-order valence-corrected chi connectivity index (χ4v) is 2.06. The van der Waals surface area contributed by atoms with Crippen LogP contribution in [0.4, 0.5) is 0 Å². The van der Waals surface area contributed by atoms with E-state index in [9.17, 15) is 0 Å². The van der Waals surface area contributed by atoms with E-state index in [4.69, 9.17) is 4.74 Å². The predicted molar refractivity (Wildman–Crippen MR) is 84.8 cm³/mol. The molecule has 1 heterocycles. The molecule has 0 aromatic heterocycles. The van der Waals surface area contributed by atoms with Crippen LogP contribution in [0.25, 0.3) is 0 Å². The van der Waals surface area contributed by atoms with Crippen LogP contribution in [-0.4, -0.2) is 50.8 Å². The molecule has 0 radical (unpaired) electrons. The summed E-state index contributed by atoms with van der Waals surface area (Å²) < 4.78 is 5.32. The molecule has 0 unspecified atom stereocenters. The Bertz CT molecular complexity index is 306. The molecule has 5 heteroatoms. The first-order chi connectivity index (χ1) is 8.45. The smallest absolute Gasteiger partial charge is 0.0594 e. The molecule has 0 aliphatic carbocycles. The van der Waals surface area contributed by atoms with E-state index >= 15 is 0 Å². The van der Waals surface area contributed by atoms with Crippen LogP contribution in [0.15, 0.2) is 30.3 Å². The Hall–Kier alpha value is -0.320. The van der Waals surface area contributed by atoms with Crippen LogP contribution in [0.2, 0.25) is 0 Å². The summed E-state index contributed by atoms with van der Waals surface area (Å²) in [6.45, 7) is 7.23. The third-order valence-electron chi connectivity index (χ3n) is 3.14. The largest absolute Gasteiger partial charge is 0.379 e. The number of benzene rings is 1. The lowest BCUT2D eigenvalue weighted by molar-refractivity contribution is 0.0385. The van der Waals surface area contributed by atoms with Crippen LogP contribution < -0.4 is 5.32 Å². The van der Waals surface area contributed by atoms with Crippen LogP contribution in [0.1, 0.15) is 5.56 Å². The zero-order valence-electron chi connectivity index (χ0n) is 11.2. The van der Waals surface area contributed by atoms with Crippen LogP contribution in [0.5, 0.6) is 0 Å². The minimum Gasteiger partial charge on any atom is -0.379 e. The third kappa shape index (κ3) is 7.75. The number of hydrogen-bond acceptors (Lipinski definition) is 3. The van der Waals surface area contributed by atoms with Gasteiger partial charge in [-0.1, -0.05) is 30.3 Å². The molecule has 0 atom stereocenters. The molecule has 0 spiro atoms. The van der Waals surface area contributed by atoms with E-state index in [0.29, 0.717) is 0 Å². The Morgan fingerprint density at radius 1 is 1.00 bits per heavy atom. The maximum absolute atomic E-state index is 5.32. The zero-order valence-corrected chi connectivity index (χ0v) is 12.8. The number of rotatable bonds is 6. The number of halogens is 2. The summed E-state index contributed by atoms with van der Waals surface area (Å²) in [7, 11) is 0. The van der Waals surface area contributed by atoms with E-state index in [2.05, 4.69) is 40.5 Å². The van der Waals surface area contributed by atoms with Crippen molar-refractivity contribution in [1.29, 1.82) is 0 Å². The Labute approximate surface area is 128 Å². The molecule has 0 saturated carbocycles. The van der Waals surface area contributed by atoms with Crippen molar-refractivity contribution in [3.8, 4) is 0 Å². The van der Waals surface area contributed by atoms with Crippen LogP contribution in [0.3, 0.4) is 0 Å². The minimum atomic E-state index is 0. The van der Waals surface area contributed by atoms with Crippen molar-refractivity contribution in [1.82, 2.24) is 10.2 Å². The van der Waals surface area contributed by atoms with E-state index < -0.39 is 0 Å². The van der Waals surface area contributed by atoms with Crippen molar-refractivity contribution in [3.05, 3.63) is 35.9 Å². The quantitative estimate of drug-likeness (QED) is 0.814. The topological polar surface area (TPSA) is 24.5 Å². The second-order valence-electron chi connectivity index (χ2n) is 4.44. The lowest BCUT2D eigenvalue weighted by Gasteiger charge is -2.26. The molecule has 1 fully saturated rings. The van der Waals surface area contributed by atoms with Gasteiger partial charge in [-0.2, -0.15) is 0 Å². The summed E-state index contributed by atoms with van der Waals surface area (Å²) in [5.41, 5.74) is 1.41. The molecule has 0 amide bonds. The molecule has 2 rings (SSSR count). The van der Waals surface area contributed by atoms with Gasteiger partial charge in [-0.05, 0) is 18.5 Å². The van der Waals surface area contributed by atoms with E-state index in [1.165, 1.54) is 5.56 Å². The third-order valence-corrected chi connectivity index (χ3v) is 3.14. The monoisotopic (exact) mass is 306 g/mol. The predicted octanol–water partition coefficient (Wildman–Crippen LogP) is 1.99. The van der Waals surface area contributed by atoms with E-state index in [1.54, 1.807) is 0 Å². The van der Waals surface area contributed by atoms with Crippen molar-refractivity contribution in [3.63, 3.8) is 0 Å². The SMILES string of the molecule is Cl.Cl.c1ccc(CCNCCN2CCOCC2)cc1. The van der Waals surface area contributed by atoms with Crippen molar-refractivity contribution in [2.45, 2.75) is 6.42 Å². The summed E-state index contributed by atoms with van der Waals surface area (Å²) in [5, 5.41) is 3.50. The minimum absolute atomic E-state index is 0. The van der Waals surface area contributed by atoms with Gasteiger partial charge in [0, 0.05) is 26.2 Å². The Kier molecular flexibility index (Phi) is 11.3. The van der Waals surface area contributed by atoms with Gasteiger partial charge < -0.3 is 10.1 Å². The summed E-state index contributed by atoms with van der Waals surface area (Å²) in [6, 6.07) is 10.6. The number of morpholine rings is 1. The van der Waals surface area contributed by atoms with E-state index in [1.807, 2.05) is 0 Å². The van der Waals surface area contributed by atoms with E-state index in [-0.39, 0.29) is 24.8 Å². The van der Waals surface area contributed by atoms with Crippen LogP contribution >= 0.6 is 24.8 Å². The maximum Gasteiger partial charge on any atom is 0.0594 e. The molecule has 3 nitrogen and oxygen atoms in total. The first-order valence-corrected chi connectivity index (χ1v) is 6.50. The zero-order chi connectivity index (χ0) is 11.8. The summed E-state index contributed by atoms with van der Waals surface area (Å²) in [5.74, 6) is 0. The van der Waals surface area contributed by atoms with Crippen molar-refractivity contribution in [2.75, 3.05) is 45.9 Å². The van der Waals surface area contributed by atoms with Crippen LogP contribution in [-0.2, 0) is 11.2 Å². The van der Waals surface area contributed by atoms with Gasteiger partial charge in [0.25, 0.3) is 0 Å². The number of ether oxygens (including phenoxy) is 1. The molecule has 0 bridgehead atoms. The number of hydrogen-bond donors (Lipinski definition) is 1. The summed E-state index contributed by atoms with van der Waals surface area (Å²) >= 11 is 0. The van der Waals surface area contributed by atoms with Gasteiger partial charge in [0.2, 0.25) is 0 Å². The summed E-state index contributed by atoms with van der Waals surface area (Å²) in [6.07, 6.45) is 1.12. The molecule has 1 aromatic rings. The number of nitrogens with zero attached hydrogens (tertiary/aromatic N) is 1. The van der Waals surface area contributed by atoms with Crippen molar-refractivity contribution >= 4 is 24.8 Å². The van der Waals surface area contributed by atoms with Gasteiger partial charge in [-0.3, -0.25) is 4.90 Å². The Morgan fingerprint density at radius 3 is 2.37 bits per heavy atom. The lowest BCUT2D eigenvalue weighted by atomic mass is 10.1. The Balaban J connectivity index is 0.00000162.